The molecule has 2 aromatic heterocycles. The monoisotopic (exact) mass is 650 g/mol. The maximum Gasteiger partial charge on any atom is 0.459 e. The van der Waals surface area contributed by atoms with Gasteiger partial charge in [0, 0.05) is 6.42 Å². The van der Waals surface area contributed by atoms with E-state index in [0.29, 0.717) is 0 Å². The first-order valence-electron chi connectivity index (χ1n) is 14.9. The lowest BCUT2D eigenvalue weighted by atomic mass is 10.1. The molecule has 4 rings (SSSR count). The smallest absolute Gasteiger partial charge is 0.459 e. The van der Waals surface area contributed by atoms with E-state index in [4.69, 9.17) is 29.0 Å². The third kappa shape index (κ3) is 8.75. The Hall–Kier alpha value is -3.65. The predicted octanol–water partition coefficient (Wildman–Crippen LogP) is 4.56. The molecule has 246 valence electrons. The number of nitrogen functional groups attached to an aromatic ring is 1. The van der Waals surface area contributed by atoms with Crippen molar-refractivity contribution in [3.05, 3.63) is 42.7 Å². The Kier molecular flexibility index (Phi) is 11.5. The van der Waals surface area contributed by atoms with E-state index < -0.39 is 56.2 Å². The summed E-state index contributed by atoms with van der Waals surface area (Å²) in [7, 11) is -4.25. The summed E-state index contributed by atoms with van der Waals surface area (Å²) < 4.78 is 58.5. The zero-order chi connectivity index (χ0) is 32.7. The number of halogens is 1. The van der Waals surface area contributed by atoms with Crippen LogP contribution in [0.2, 0.25) is 0 Å². The molecule has 0 unspecified atom stereocenters. The number of carbonyl (C=O) groups excluding carboxylic acids is 2. The molecule has 0 saturated carbocycles. The van der Waals surface area contributed by atoms with E-state index >= 15 is 0 Å². The maximum absolute atomic E-state index is 14.1. The minimum atomic E-state index is -4.25. The second kappa shape index (κ2) is 15.1. The summed E-state index contributed by atoms with van der Waals surface area (Å²) >= 11 is 0. The molecule has 1 aliphatic heterocycles. The number of fused-ring (bicyclic) bond motifs is 1. The van der Waals surface area contributed by atoms with E-state index in [1.165, 1.54) is 17.8 Å². The average Bonchev–Trinajstić information content (AvgIpc) is 3.60. The van der Waals surface area contributed by atoms with Gasteiger partial charge in [-0.2, -0.15) is 19.4 Å². The normalized spacial score (nSPS) is 20.3. The third-order valence-electron chi connectivity index (χ3n) is 7.35. The fraction of sp³-hybridized carbons (Fsp3) is 0.552. The van der Waals surface area contributed by atoms with Crippen LogP contribution in [0.4, 0.5) is 10.2 Å². The van der Waals surface area contributed by atoms with Gasteiger partial charge in [-0.3, -0.25) is 18.7 Å². The topological polar surface area (TPSA) is 179 Å². The Morgan fingerprint density at radius 1 is 1.16 bits per heavy atom. The number of hydrogen-bond acceptors (Lipinski definition) is 12. The van der Waals surface area contributed by atoms with Crippen LogP contribution in [0.1, 0.15) is 60.1 Å². The van der Waals surface area contributed by atoms with Gasteiger partial charge in [-0.25, -0.2) is 9.55 Å². The second-order valence-electron chi connectivity index (χ2n) is 11.1. The van der Waals surface area contributed by atoms with Crippen molar-refractivity contribution in [1.29, 1.82) is 0 Å². The van der Waals surface area contributed by atoms with Crippen LogP contribution in [0.3, 0.4) is 0 Å². The third-order valence-corrected chi connectivity index (χ3v) is 8.99. The Bertz CT molecular complexity index is 1500. The predicted molar refractivity (Wildman–Crippen MR) is 161 cm³/mol. The van der Waals surface area contributed by atoms with Crippen molar-refractivity contribution < 1.29 is 41.8 Å². The SMILES string of the molecule is CCC(CC)COC(=O)[C@H](C)N[P@](=O)(OC[C@H]1O[C@@H](n2cnc3c(N)nc(F)nc32)C[C@@H]1OC(=O)C(C)C)Oc1ccccc1. The van der Waals surface area contributed by atoms with Gasteiger partial charge in [0.2, 0.25) is 0 Å². The van der Waals surface area contributed by atoms with Crippen LogP contribution in [0.25, 0.3) is 11.2 Å². The largest absolute Gasteiger partial charge is 0.464 e. The van der Waals surface area contributed by atoms with Gasteiger partial charge < -0.3 is 24.5 Å². The first-order chi connectivity index (χ1) is 21.4. The number of aromatic nitrogens is 4. The lowest BCUT2D eigenvalue weighted by Gasteiger charge is -2.26. The highest BCUT2D eigenvalue weighted by atomic mass is 31.2. The molecule has 14 nitrogen and oxygen atoms in total. The standard InChI is InChI=1S/C29H40FN6O8P/c1-6-19(7-2)14-40-28(38)18(5)35-45(39,44-20-11-9-8-10-12-20)41-15-22-21(43-27(37)17(3)4)13-23(42-22)36-16-32-24-25(31)33-29(30)34-26(24)36/h8-12,16-19,21-23H,6-7,13-15H2,1-5H3,(H,35,39)(H2,31,33,34)/t18-,21-,22+,23+,45-/m0/s1. The van der Waals surface area contributed by atoms with Crippen LogP contribution in [0.5, 0.6) is 5.75 Å². The fourth-order valence-corrected chi connectivity index (χ4v) is 6.08. The van der Waals surface area contributed by atoms with Gasteiger partial charge in [0.1, 0.15) is 30.2 Å². The molecule has 0 bridgehead atoms. The number of rotatable bonds is 15. The summed E-state index contributed by atoms with van der Waals surface area (Å²) in [5, 5.41) is 2.66. The molecule has 45 heavy (non-hydrogen) atoms. The summed E-state index contributed by atoms with van der Waals surface area (Å²) in [6.07, 6.45) is -0.517. The first-order valence-corrected chi connectivity index (χ1v) is 16.4. The van der Waals surface area contributed by atoms with E-state index in [1.54, 1.807) is 44.2 Å². The van der Waals surface area contributed by atoms with Crippen LogP contribution in [0.15, 0.2) is 36.7 Å². The molecule has 5 atom stereocenters. The van der Waals surface area contributed by atoms with Crippen molar-refractivity contribution in [1.82, 2.24) is 24.6 Å². The molecule has 0 amide bonds. The van der Waals surface area contributed by atoms with Crippen LogP contribution in [-0.2, 0) is 32.9 Å². The summed E-state index contributed by atoms with van der Waals surface area (Å²) in [5.41, 5.74) is 6.06. The zero-order valence-electron chi connectivity index (χ0n) is 25.9. The van der Waals surface area contributed by atoms with Crippen LogP contribution in [0, 0.1) is 17.9 Å². The molecule has 0 aliphatic carbocycles. The van der Waals surface area contributed by atoms with E-state index in [2.05, 4.69) is 20.0 Å². The second-order valence-corrected chi connectivity index (χ2v) is 12.8. The number of anilines is 1. The van der Waals surface area contributed by atoms with Crippen molar-refractivity contribution in [2.75, 3.05) is 18.9 Å². The fourth-order valence-electron chi connectivity index (χ4n) is 4.57. The molecule has 0 spiro atoms. The molecule has 3 N–H and O–H groups in total. The average molecular weight is 651 g/mol. The van der Waals surface area contributed by atoms with Crippen molar-refractivity contribution in [2.45, 2.75) is 78.4 Å². The van der Waals surface area contributed by atoms with Crippen molar-refractivity contribution >= 4 is 36.7 Å². The highest BCUT2D eigenvalue weighted by Gasteiger charge is 2.43. The minimum absolute atomic E-state index is 0.0842. The number of carbonyl (C=O) groups is 2. The molecule has 3 aromatic rings. The van der Waals surface area contributed by atoms with E-state index in [-0.39, 0.29) is 48.3 Å². The first kappa shape index (κ1) is 34.2. The van der Waals surface area contributed by atoms with Crippen LogP contribution < -0.4 is 15.3 Å². The lowest BCUT2D eigenvalue weighted by Crippen LogP contribution is -2.37. The minimum Gasteiger partial charge on any atom is -0.464 e. The molecule has 1 fully saturated rings. The summed E-state index contributed by atoms with van der Waals surface area (Å²) in [5.74, 6) is -1.27. The number of nitrogens with two attached hydrogens (primary N) is 1. The molecule has 1 saturated heterocycles. The molecule has 0 radical (unpaired) electrons. The quantitative estimate of drug-likeness (QED) is 0.133. The molecule has 3 heterocycles. The van der Waals surface area contributed by atoms with Gasteiger partial charge in [0.25, 0.3) is 0 Å². The Morgan fingerprint density at radius 2 is 1.87 bits per heavy atom. The van der Waals surface area contributed by atoms with Crippen molar-refractivity contribution in [3.8, 4) is 5.75 Å². The molecule has 1 aromatic carbocycles. The lowest BCUT2D eigenvalue weighted by molar-refractivity contribution is -0.156. The number of nitrogens with zero attached hydrogens (tertiary/aromatic N) is 4. The van der Waals surface area contributed by atoms with Crippen LogP contribution >= 0.6 is 7.75 Å². The Balaban J connectivity index is 1.54. The van der Waals surface area contributed by atoms with Gasteiger partial charge >= 0.3 is 25.8 Å². The number of ether oxygens (including phenoxy) is 3. The maximum atomic E-state index is 14.1. The number of para-hydroxylation sites is 1. The highest BCUT2D eigenvalue weighted by Crippen LogP contribution is 2.46. The van der Waals surface area contributed by atoms with Crippen molar-refractivity contribution in [2.24, 2.45) is 11.8 Å². The molecule has 16 heteroatoms. The van der Waals surface area contributed by atoms with Gasteiger partial charge in [-0.15, -0.1) is 0 Å². The summed E-state index contributed by atoms with van der Waals surface area (Å²) in [6, 6.07) is 7.24. The number of esters is 2. The van der Waals surface area contributed by atoms with Gasteiger partial charge in [0.15, 0.2) is 17.0 Å². The van der Waals surface area contributed by atoms with Gasteiger partial charge in [0.05, 0.1) is 25.5 Å². The Morgan fingerprint density at radius 3 is 2.53 bits per heavy atom. The van der Waals surface area contributed by atoms with Gasteiger partial charge in [-0.1, -0.05) is 58.7 Å². The molecular weight excluding hydrogens is 610 g/mol. The summed E-state index contributed by atoms with van der Waals surface area (Å²) in [6.45, 7) is 8.73. The molecule has 1 aliphatic rings. The van der Waals surface area contributed by atoms with E-state index in [1.807, 2.05) is 13.8 Å². The number of nitrogens with one attached hydrogen (secondary N) is 1. The zero-order valence-corrected chi connectivity index (χ0v) is 26.8. The Labute approximate surface area is 260 Å². The van der Waals surface area contributed by atoms with E-state index in [0.717, 1.165) is 12.8 Å². The summed E-state index contributed by atoms with van der Waals surface area (Å²) in [4.78, 5) is 36.8. The van der Waals surface area contributed by atoms with Crippen molar-refractivity contribution in [3.63, 3.8) is 0 Å². The number of hydrogen-bond donors (Lipinski definition) is 2. The van der Waals surface area contributed by atoms with Gasteiger partial charge in [-0.05, 0) is 25.0 Å². The number of imidazole rings is 1. The van der Waals surface area contributed by atoms with E-state index in [9.17, 15) is 18.5 Å². The molecular formula is C29H40FN6O8P. The number of benzene rings is 1. The highest BCUT2D eigenvalue weighted by molar-refractivity contribution is 7.52. The van der Waals surface area contributed by atoms with Crippen LogP contribution in [-0.4, -0.2) is 62.9 Å².